The van der Waals surface area contributed by atoms with E-state index in [0.29, 0.717) is 17.6 Å². The second-order valence-electron chi connectivity index (χ2n) is 6.67. The van der Waals surface area contributed by atoms with E-state index in [1.165, 1.54) is 22.8 Å². The number of benzene rings is 2. The standard InChI is InChI=1S/C21H17N3O5S/c25-20(22-16-4-1-3-14(11-16)15-8-10-30-13-15)5-2-9-23-18-7-6-17(24(27)28)12-19(18)29-21(23)26/h1,3-4,6-8,10-13H,2,5,9H2,(H,22,25). The fourth-order valence-electron chi connectivity index (χ4n) is 3.21. The predicted molar refractivity (Wildman–Crippen MR) is 115 cm³/mol. The Morgan fingerprint density at radius 2 is 2.03 bits per heavy atom. The normalized spacial score (nSPS) is 10.9. The Morgan fingerprint density at radius 3 is 2.80 bits per heavy atom. The smallest absolute Gasteiger partial charge is 0.407 e. The summed E-state index contributed by atoms with van der Waals surface area (Å²) in [7, 11) is 0. The van der Waals surface area contributed by atoms with Crippen LogP contribution in [0.15, 0.2) is 68.5 Å². The molecule has 30 heavy (non-hydrogen) atoms. The maximum absolute atomic E-state index is 12.3. The number of thiophene rings is 1. The first-order valence-corrected chi connectivity index (χ1v) is 10.2. The minimum atomic E-state index is -0.602. The number of non-ortho nitro benzene ring substituents is 1. The fourth-order valence-corrected chi connectivity index (χ4v) is 3.87. The van der Waals surface area contributed by atoms with Crippen molar-refractivity contribution in [2.45, 2.75) is 19.4 Å². The van der Waals surface area contributed by atoms with E-state index in [1.807, 2.05) is 41.1 Å². The van der Waals surface area contributed by atoms with Crippen molar-refractivity contribution in [1.82, 2.24) is 4.57 Å². The van der Waals surface area contributed by atoms with Crippen molar-refractivity contribution >= 4 is 39.7 Å². The molecule has 0 fully saturated rings. The Balaban J connectivity index is 1.38. The van der Waals surface area contributed by atoms with Crippen LogP contribution in [0.2, 0.25) is 0 Å². The van der Waals surface area contributed by atoms with Crippen LogP contribution >= 0.6 is 11.3 Å². The highest BCUT2D eigenvalue weighted by molar-refractivity contribution is 7.08. The first-order valence-electron chi connectivity index (χ1n) is 9.21. The zero-order valence-corrected chi connectivity index (χ0v) is 16.6. The second kappa shape index (κ2) is 8.34. The molecule has 4 rings (SSSR count). The number of carbonyl (C=O) groups excluding carboxylic acids is 1. The number of nitro groups is 1. The summed E-state index contributed by atoms with van der Waals surface area (Å²) in [5, 5.41) is 17.8. The number of rotatable bonds is 7. The molecule has 0 aliphatic heterocycles. The SMILES string of the molecule is O=C(CCCn1c(=O)oc2cc([N+](=O)[O-])ccc21)Nc1cccc(-c2ccsc2)c1. The zero-order valence-electron chi connectivity index (χ0n) is 15.7. The topological polar surface area (TPSA) is 107 Å². The maximum Gasteiger partial charge on any atom is 0.419 e. The molecule has 1 amide bonds. The van der Waals surface area contributed by atoms with Gasteiger partial charge in [0.1, 0.15) is 0 Å². The van der Waals surface area contributed by atoms with Crippen LogP contribution < -0.4 is 11.1 Å². The van der Waals surface area contributed by atoms with Gasteiger partial charge in [0.2, 0.25) is 5.91 Å². The number of nitrogens with one attached hydrogen (secondary N) is 1. The van der Waals surface area contributed by atoms with Crippen molar-refractivity contribution in [3.05, 3.63) is 80.0 Å². The quantitative estimate of drug-likeness (QED) is 0.344. The van der Waals surface area contributed by atoms with Crippen molar-refractivity contribution < 1.29 is 14.1 Å². The van der Waals surface area contributed by atoms with E-state index in [1.54, 1.807) is 11.3 Å². The molecule has 0 unspecified atom stereocenters. The highest BCUT2D eigenvalue weighted by Gasteiger charge is 2.14. The summed E-state index contributed by atoms with van der Waals surface area (Å²) in [6.07, 6.45) is 0.635. The van der Waals surface area contributed by atoms with Crippen molar-refractivity contribution in [2.24, 2.45) is 0 Å². The number of aromatic nitrogens is 1. The number of fused-ring (bicyclic) bond motifs is 1. The van der Waals surface area contributed by atoms with Gasteiger partial charge >= 0.3 is 5.76 Å². The number of anilines is 1. The van der Waals surface area contributed by atoms with E-state index in [9.17, 15) is 19.7 Å². The molecule has 9 heteroatoms. The van der Waals surface area contributed by atoms with E-state index in [2.05, 4.69) is 5.32 Å². The van der Waals surface area contributed by atoms with Crippen LogP contribution in [0.1, 0.15) is 12.8 Å². The molecule has 2 aromatic carbocycles. The van der Waals surface area contributed by atoms with E-state index in [4.69, 9.17) is 4.42 Å². The lowest BCUT2D eigenvalue weighted by Gasteiger charge is -2.07. The number of carbonyl (C=O) groups is 1. The number of hydrogen-bond donors (Lipinski definition) is 1. The Bertz CT molecular complexity index is 1270. The highest BCUT2D eigenvalue weighted by atomic mass is 32.1. The van der Waals surface area contributed by atoms with Gasteiger partial charge in [-0.2, -0.15) is 11.3 Å². The molecule has 0 saturated carbocycles. The molecular weight excluding hydrogens is 406 g/mol. The molecule has 0 aliphatic carbocycles. The maximum atomic E-state index is 12.3. The molecule has 152 valence electrons. The van der Waals surface area contributed by atoms with Gasteiger partial charge < -0.3 is 9.73 Å². The first-order chi connectivity index (χ1) is 14.5. The third-order valence-corrected chi connectivity index (χ3v) is 5.33. The molecule has 2 heterocycles. The minimum Gasteiger partial charge on any atom is -0.407 e. The lowest BCUT2D eigenvalue weighted by Crippen LogP contribution is -2.17. The number of hydrogen-bond acceptors (Lipinski definition) is 6. The summed E-state index contributed by atoms with van der Waals surface area (Å²) < 4.78 is 6.47. The molecule has 8 nitrogen and oxygen atoms in total. The van der Waals surface area contributed by atoms with Gasteiger partial charge in [0, 0.05) is 24.7 Å². The predicted octanol–water partition coefficient (Wildman–Crippen LogP) is 4.65. The summed E-state index contributed by atoms with van der Waals surface area (Å²) in [6.45, 7) is 0.270. The van der Waals surface area contributed by atoms with Crippen LogP contribution in [0, 0.1) is 10.1 Å². The van der Waals surface area contributed by atoms with Gasteiger partial charge in [0.25, 0.3) is 5.69 Å². The van der Waals surface area contributed by atoms with E-state index in [-0.39, 0.29) is 30.1 Å². The molecule has 0 radical (unpaired) electrons. The third kappa shape index (κ3) is 4.15. The first kappa shape index (κ1) is 19.6. The van der Waals surface area contributed by atoms with Gasteiger partial charge in [-0.3, -0.25) is 19.5 Å². The number of nitrogens with zero attached hydrogens (tertiary/aromatic N) is 2. The Labute approximate surface area is 174 Å². The number of nitro benzene ring substituents is 1. The van der Waals surface area contributed by atoms with Crippen molar-refractivity contribution in [3.63, 3.8) is 0 Å². The monoisotopic (exact) mass is 423 g/mol. The van der Waals surface area contributed by atoms with Crippen molar-refractivity contribution in [1.29, 1.82) is 0 Å². The summed E-state index contributed by atoms with van der Waals surface area (Å²) in [5.41, 5.74) is 3.31. The molecule has 4 aromatic rings. The summed E-state index contributed by atoms with van der Waals surface area (Å²) >= 11 is 1.61. The van der Waals surface area contributed by atoms with Crippen LogP contribution in [0.5, 0.6) is 0 Å². The summed E-state index contributed by atoms with van der Waals surface area (Å²) in [5.74, 6) is -0.761. The molecule has 0 saturated heterocycles. The van der Waals surface area contributed by atoms with E-state index >= 15 is 0 Å². The van der Waals surface area contributed by atoms with Crippen LogP contribution in [-0.2, 0) is 11.3 Å². The average molecular weight is 423 g/mol. The molecule has 2 aromatic heterocycles. The van der Waals surface area contributed by atoms with E-state index in [0.717, 1.165) is 11.1 Å². The van der Waals surface area contributed by atoms with Crippen molar-refractivity contribution in [2.75, 3.05) is 5.32 Å². The minimum absolute atomic E-state index is 0.146. The largest absolute Gasteiger partial charge is 0.419 e. The molecule has 0 bridgehead atoms. The Kier molecular flexibility index (Phi) is 5.44. The fraction of sp³-hybridized carbons (Fsp3) is 0.143. The van der Waals surface area contributed by atoms with E-state index < -0.39 is 10.7 Å². The molecule has 0 atom stereocenters. The number of amides is 1. The van der Waals surface area contributed by atoms with Gasteiger partial charge in [0.05, 0.1) is 16.5 Å². The van der Waals surface area contributed by atoms with Crippen LogP contribution in [0.4, 0.5) is 11.4 Å². The Morgan fingerprint density at radius 1 is 1.17 bits per heavy atom. The molecule has 0 aliphatic rings. The van der Waals surface area contributed by atoms with Gasteiger partial charge in [-0.05, 0) is 52.6 Å². The Hall–Kier alpha value is -3.72. The zero-order chi connectivity index (χ0) is 21.1. The lowest BCUT2D eigenvalue weighted by molar-refractivity contribution is -0.384. The lowest BCUT2D eigenvalue weighted by atomic mass is 10.1. The molecule has 0 spiro atoms. The highest BCUT2D eigenvalue weighted by Crippen LogP contribution is 2.25. The second-order valence-corrected chi connectivity index (χ2v) is 7.45. The number of oxazole rings is 1. The van der Waals surface area contributed by atoms with Gasteiger partial charge in [-0.1, -0.05) is 12.1 Å². The molecular formula is C21H17N3O5S. The van der Waals surface area contributed by atoms with Gasteiger partial charge in [-0.15, -0.1) is 0 Å². The molecule has 1 N–H and O–H groups in total. The van der Waals surface area contributed by atoms with Crippen LogP contribution in [0.3, 0.4) is 0 Å². The third-order valence-electron chi connectivity index (χ3n) is 4.65. The number of aryl methyl sites for hydroxylation is 1. The average Bonchev–Trinajstić information content (AvgIpc) is 3.36. The van der Waals surface area contributed by atoms with Crippen LogP contribution in [0.25, 0.3) is 22.2 Å². The summed E-state index contributed by atoms with van der Waals surface area (Å²) in [4.78, 5) is 34.7. The van der Waals surface area contributed by atoms with Crippen LogP contribution in [-0.4, -0.2) is 15.4 Å². The summed E-state index contributed by atoms with van der Waals surface area (Å²) in [6, 6.07) is 13.7. The van der Waals surface area contributed by atoms with Gasteiger partial charge in [-0.25, -0.2) is 4.79 Å². The van der Waals surface area contributed by atoms with Gasteiger partial charge in [0.15, 0.2) is 5.58 Å². The van der Waals surface area contributed by atoms with Crippen molar-refractivity contribution in [3.8, 4) is 11.1 Å².